The average Bonchev–Trinajstić information content (AvgIpc) is 3.10. The molecule has 16 heavy (non-hydrogen) atoms. The number of carboxylic acids is 1. The molecule has 0 radical (unpaired) electrons. The summed E-state index contributed by atoms with van der Waals surface area (Å²) in [7, 11) is 0. The van der Waals surface area contributed by atoms with Gasteiger partial charge in [0.2, 0.25) is 0 Å². The van der Waals surface area contributed by atoms with Crippen molar-refractivity contribution in [3.63, 3.8) is 0 Å². The molecule has 0 unspecified atom stereocenters. The Hall–Kier alpha value is -1.65. The number of carboxylic acid groups (broad SMARTS) is 1. The van der Waals surface area contributed by atoms with Gasteiger partial charge >= 0.3 is 5.97 Å². The lowest BCUT2D eigenvalue weighted by molar-refractivity contribution is 0.0689. The molecule has 5 heteroatoms. The number of anilines is 1. The minimum Gasteiger partial charge on any atom is -0.476 e. The summed E-state index contributed by atoms with van der Waals surface area (Å²) in [6, 6.07) is 3.82. The average molecular weight is 221 g/mol. The predicted molar refractivity (Wildman–Crippen MR) is 59.7 cm³/mol. The molecule has 0 aliphatic heterocycles. The Balaban J connectivity index is 2.14. The fourth-order valence-electron chi connectivity index (χ4n) is 1.70. The molecule has 0 bridgehead atoms. The number of rotatable bonds is 5. The first-order chi connectivity index (χ1) is 7.72. The molecule has 1 heterocycles. The summed E-state index contributed by atoms with van der Waals surface area (Å²) >= 11 is 0. The van der Waals surface area contributed by atoms with Crippen LogP contribution in [0.15, 0.2) is 12.1 Å². The summed E-state index contributed by atoms with van der Waals surface area (Å²) < 4.78 is 0. The molecule has 0 amide bonds. The van der Waals surface area contributed by atoms with Crippen LogP contribution >= 0.6 is 0 Å². The minimum atomic E-state index is -1.03. The molecule has 86 valence electrons. The van der Waals surface area contributed by atoms with Gasteiger partial charge in [-0.05, 0) is 31.4 Å². The van der Waals surface area contributed by atoms with Crippen LogP contribution < -0.4 is 4.90 Å². The van der Waals surface area contributed by atoms with E-state index in [1.54, 1.807) is 6.07 Å². The standard InChI is InChI=1S/C11H15N3O2/c1-2-7-14(8-3-4-8)10-6-5-9(11(15)16)12-13-10/h5-6,8H,2-4,7H2,1H3,(H,15,16). The minimum absolute atomic E-state index is 0.00371. The van der Waals surface area contributed by atoms with Gasteiger partial charge in [0.1, 0.15) is 0 Å². The quantitative estimate of drug-likeness (QED) is 0.817. The molecule has 0 aromatic carbocycles. The molecule has 0 saturated heterocycles. The van der Waals surface area contributed by atoms with Crippen molar-refractivity contribution >= 4 is 11.8 Å². The Bertz CT molecular complexity index is 373. The molecule has 2 rings (SSSR count). The van der Waals surface area contributed by atoms with Crippen LogP contribution in [0.1, 0.15) is 36.7 Å². The molecule has 5 nitrogen and oxygen atoms in total. The lowest BCUT2D eigenvalue weighted by Gasteiger charge is -2.21. The van der Waals surface area contributed by atoms with Gasteiger partial charge in [-0.2, -0.15) is 0 Å². The number of nitrogens with zero attached hydrogens (tertiary/aromatic N) is 3. The van der Waals surface area contributed by atoms with Gasteiger partial charge in [-0.1, -0.05) is 6.92 Å². The second-order valence-corrected chi connectivity index (χ2v) is 4.01. The smallest absolute Gasteiger partial charge is 0.356 e. The molecule has 1 aromatic rings. The second-order valence-electron chi connectivity index (χ2n) is 4.01. The summed E-state index contributed by atoms with van der Waals surface area (Å²) in [6.45, 7) is 3.07. The van der Waals surface area contributed by atoms with E-state index in [-0.39, 0.29) is 5.69 Å². The fourth-order valence-corrected chi connectivity index (χ4v) is 1.70. The molecule has 1 aliphatic rings. The summed E-state index contributed by atoms with van der Waals surface area (Å²) in [5.41, 5.74) is -0.00371. The molecular formula is C11H15N3O2. The van der Waals surface area contributed by atoms with E-state index in [1.807, 2.05) is 0 Å². The molecule has 0 atom stereocenters. The van der Waals surface area contributed by atoms with Crippen LogP contribution in [0.2, 0.25) is 0 Å². The topological polar surface area (TPSA) is 66.3 Å². The van der Waals surface area contributed by atoms with Crippen LogP contribution in [0.3, 0.4) is 0 Å². The van der Waals surface area contributed by atoms with Crippen LogP contribution in [-0.4, -0.2) is 33.9 Å². The Morgan fingerprint density at radius 3 is 2.69 bits per heavy atom. The van der Waals surface area contributed by atoms with Crippen molar-refractivity contribution in [2.45, 2.75) is 32.2 Å². The van der Waals surface area contributed by atoms with E-state index in [1.165, 1.54) is 18.9 Å². The van der Waals surface area contributed by atoms with E-state index in [0.29, 0.717) is 6.04 Å². The fraction of sp³-hybridized carbons (Fsp3) is 0.545. The zero-order chi connectivity index (χ0) is 11.5. The van der Waals surface area contributed by atoms with Crippen LogP contribution in [0.25, 0.3) is 0 Å². The number of hydrogen-bond donors (Lipinski definition) is 1. The van der Waals surface area contributed by atoms with Gasteiger partial charge in [0.05, 0.1) is 0 Å². The first kappa shape index (κ1) is 10.9. The van der Waals surface area contributed by atoms with E-state index in [2.05, 4.69) is 22.0 Å². The first-order valence-electron chi connectivity index (χ1n) is 5.56. The van der Waals surface area contributed by atoms with E-state index < -0.39 is 5.97 Å². The van der Waals surface area contributed by atoms with E-state index in [9.17, 15) is 4.79 Å². The summed E-state index contributed by atoms with van der Waals surface area (Å²) in [5, 5.41) is 16.4. The van der Waals surface area contributed by atoms with Crippen LogP contribution in [0.5, 0.6) is 0 Å². The summed E-state index contributed by atoms with van der Waals surface area (Å²) in [6.07, 6.45) is 3.45. The van der Waals surface area contributed by atoms with Gasteiger partial charge in [-0.3, -0.25) is 0 Å². The molecule has 1 saturated carbocycles. The van der Waals surface area contributed by atoms with Gasteiger partial charge in [0, 0.05) is 12.6 Å². The van der Waals surface area contributed by atoms with Gasteiger partial charge in [-0.15, -0.1) is 10.2 Å². The third kappa shape index (κ3) is 2.29. The largest absolute Gasteiger partial charge is 0.476 e. The van der Waals surface area contributed by atoms with E-state index in [0.717, 1.165) is 18.8 Å². The molecular weight excluding hydrogens is 206 g/mol. The van der Waals surface area contributed by atoms with Crippen molar-refractivity contribution < 1.29 is 9.90 Å². The Morgan fingerprint density at radius 1 is 1.50 bits per heavy atom. The van der Waals surface area contributed by atoms with Gasteiger partial charge in [0.15, 0.2) is 11.5 Å². The number of hydrogen-bond acceptors (Lipinski definition) is 4. The highest BCUT2D eigenvalue weighted by Gasteiger charge is 2.29. The lowest BCUT2D eigenvalue weighted by Crippen LogP contribution is -2.27. The van der Waals surface area contributed by atoms with Crippen molar-refractivity contribution in [1.29, 1.82) is 0 Å². The van der Waals surface area contributed by atoms with Gasteiger partial charge in [0.25, 0.3) is 0 Å². The zero-order valence-corrected chi connectivity index (χ0v) is 9.26. The van der Waals surface area contributed by atoms with Crippen LogP contribution in [0, 0.1) is 0 Å². The van der Waals surface area contributed by atoms with E-state index in [4.69, 9.17) is 5.11 Å². The first-order valence-corrected chi connectivity index (χ1v) is 5.56. The van der Waals surface area contributed by atoms with Crippen molar-refractivity contribution in [2.24, 2.45) is 0 Å². The monoisotopic (exact) mass is 221 g/mol. The van der Waals surface area contributed by atoms with E-state index >= 15 is 0 Å². The second kappa shape index (κ2) is 4.47. The molecule has 1 aliphatic carbocycles. The SMILES string of the molecule is CCCN(c1ccc(C(=O)O)nn1)C1CC1. The predicted octanol–water partition coefficient (Wildman–Crippen LogP) is 1.55. The molecule has 1 fully saturated rings. The Morgan fingerprint density at radius 2 is 2.25 bits per heavy atom. The summed E-state index contributed by atoms with van der Waals surface area (Å²) in [5.74, 6) is -0.248. The normalized spacial score (nSPS) is 14.8. The van der Waals surface area contributed by atoms with Gasteiger partial charge < -0.3 is 10.0 Å². The van der Waals surface area contributed by atoms with Crippen LogP contribution in [0.4, 0.5) is 5.82 Å². The number of carbonyl (C=O) groups is 1. The van der Waals surface area contributed by atoms with Crippen molar-refractivity contribution in [3.8, 4) is 0 Å². The van der Waals surface area contributed by atoms with Crippen molar-refractivity contribution in [2.75, 3.05) is 11.4 Å². The highest BCUT2D eigenvalue weighted by atomic mass is 16.4. The number of aromatic nitrogens is 2. The van der Waals surface area contributed by atoms with Gasteiger partial charge in [-0.25, -0.2) is 4.79 Å². The Labute approximate surface area is 94.1 Å². The molecule has 1 N–H and O–H groups in total. The maximum Gasteiger partial charge on any atom is 0.356 e. The van der Waals surface area contributed by atoms with Crippen molar-refractivity contribution in [1.82, 2.24) is 10.2 Å². The summed E-state index contributed by atoms with van der Waals surface area (Å²) in [4.78, 5) is 12.8. The highest BCUT2D eigenvalue weighted by molar-refractivity contribution is 5.85. The zero-order valence-electron chi connectivity index (χ0n) is 9.26. The number of aromatic carboxylic acids is 1. The van der Waals surface area contributed by atoms with Crippen molar-refractivity contribution in [3.05, 3.63) is 17.8 Å². The van der Waals surface area contributed by atoms with Crippen LogP contribution in [-0.2, 0) is 0 Å². The maximum atomic E-state index is 10.6. The molecule has 0 spiro atoms. The third-order valence-corrected chi connectivity index (χ3v) is 2.62. The third-order valence-electron chi connectivity index (χ3n) is 2.62. The highest BCUT2D eigenvalue weighted by Crippen LogP contribution is 2.30. The maximum absolute atomic E-state index is 10.6. The lowest BCUT2D eigenvalue weighted by atomic mass is 10.3. The Kier molecular flexibility index (Phi) is 3.03. The molecule has 1 aromatic heterocycles.